The van der Waals surface area contributed by atoms with E-state index < -0.39 is 12.5 Å². The number of benzene rings is 2. The molecule has 3 N–H and O–H groups in total. The third-order valence-electron chi connectivity index (χ3n) is 3.35. The van der Waals surface area contributed by atoms with Crippen LogP contribution in [0.4, 0.5) is 11.4 Å². The summed E-state index contributed by atoms with van der Waals surface area (Å²) in [5.74, 6) is 0.144. The van der Waals surface area contributed by atoms with Crippen LogP contribution in [0.15, 0.2) is 52.9 Å². The van der Waals surface area contributed by atoms with Crippen LogP contribution in [0.2, 0.25) is 0 Å². The number of hydrogen-bond acceptors (Lipinski definition) is 5. The van der Waals surface area contributed by atoms with E-state index in [4.69, 9.17) is 9.52 Å². The lowest BCUT2D eigenvalue weighted by Crippen LogP contribution is -2.15. The quantitative estimate of drug-likeness (QED) is 0.674. The van der Waals surface area contributed by atoms with Gasteiger partial charge in [0.05, 0.1) is 0 Å². The number of fused-ring (bicyclic) bond motifs is 1. The highest BCUT2D eigenvalue weighted by Crippen LogP contribution is 2.24. The van der Waals surface area contributed by atoms with Gasteiger partial charge < -0.3 is 20.2 Å². The van der Waals surface area contributed by atoms with Crippen LogP contribution in [0.5, 0.6) is 0 Å². The summed E-state index contributed by atoms with van der Waals surface area (Å²) in [6, 6.07) is 14.7. The number of aromatic nitrogens is 1. The predicted octanol–water partition coefficient (Wildman–Crippen LogP) is 2.93. The van der Waals surface area contributed by atoms with Crippen LogP contribution in [0.1, 0.15) is 18.9 Å². The molecule has 0 saturated heterocycles. The van der Waals surface area contributed by atoms with Gasteiger partial charge in [0, 0.05) is 11.4 Å². The summed E-state index contributed by atoms with van der Waals surface area (Å²) in [5, 5.41) is 14.7. The Morgan fingerprint density at radius 1 is 1.22 bits per heavy atom. The van der Waals surface area contributed by atoms with E-state index in [2.05, 4.69) is 15.6 Å². The Morgan fingerprint density at radius 2 is 2.00 bits per heavy atom. The SMILES string of the molecule is CC(Nc1cccc(NC(=O)CO)c1)c1nc2ccccc2o1. The fourth-order valence-corrected chi connectivity index (χ4v) is 2.27. The van der Waals surface area contributed by atoms with E-state index >= 15 is 0 Å². The van der Waals surface area contributed by atoms with Gasteiger partial charge in [-0.25, -0.2) is 4.98 Å². The van der Waals surface area contributed by atoms with Gasteiger partial charge in [-0.05, 0) is 37.3 Å². The summed E-state index contributed by atoms with van der Waals surface area (Å²) in [6.07, 6.45) is 0. The molecule has 6 nitrogen and oxygen atoms in total. The number of para-hydroxylation sites is 2. The molecule has 6 heteroatoms. The third-order valence-corrected chi connectivity index (χ3v) is 3.35. The highest BCUT2D eigenvalue weighted by Gasteiger charge is 2.13. The number of rotatable bonds is 5. The largest absolute Gasteiger partial charge is 0.438 e. The molecule has 0 aliphatic rings. The lowest BCUT2D eigenvalue weighted by molar-refractivity contribution is -0.118. The van der Waals surface area contributed by atoms with Crippen LogP contribution in [-0.2, 0) is 4.79 Å². The average Bonchev–Trinajstić information content (AvgIpc) is 2.99. The molecule has 1 heterocycles. The minimum absolute atomic E-state index is 0.133. The van der Waals surface area contributed by atoms with Crippen molar-refractivity contribution < 1.29 is 14.3 Å². The minimum Gasteiger partial charge on any atom is -0.438 e. The zero-order valence-corrected chi connectivity index (χ0v) is 12.6. The number of oxazole rings is 1. The fourth-order valence-electron chi connectivity index (χ4n) is 2.27. The number of nitrogens with zero attached hydrogens (tertiary/aromatic N) is 1. The Hall–Kier alpha value is -2.86. The molecule has 0 aliphatic carbocycles. The van der Waals surface area contributed by atoms with Gasteiger partial charge in [-0.2, -0.15) is 0 Å². The number of amides is 1. The van der Waals surface area contributed by atoms with Crippen molar-refractivity contribution in [1.29, 1.82) is 0 Å². The summed E-state index contributed by atoms with van der Waals surface area (Å²) in [7, 11) is 0. The lowest BCUT2D eigenvalue weighted by atomic mass is 10.2. The normalized spacial score (nSPS) is 12.1. The van der Waals surface area contributed by atoms with Gasteiger partial charge in [0.2, 0.25) is 11.8 Å². The number of anilines is 2. The van der Waals surface area contributed by atoms with E-state index in [1.54, 1.807) is 12.1 Å². The van der Waals surface area contributed by atoms with Gasteiger partial charge in [0.25, 0.3) is 0 Å². The number of aliphatic hydroxyl groups excluding tert-OH is 1. The van der Waals surface area contributed by atoms with Gasteiger partial charge in [-0.15, -0.1) is 0 Å². The lowest BCUT2D eigenvalue weighted by Gasteiger charge is -2.13. The molecule has 1 unspecified atom stereocenters. The molecular weight excluding hydrogens is 294 g/mol. The summed E-state index contributed by atoms with van der Waals surface area (Å²) in [4.78, 5) is 15.7. The predicted molar refractivity (Wildman–Crippen MR) is 88.2 cm³/mol. The molecule has 0 radical (unpaired) electrons. The molecule has 3 rings (SSSR count). The average molecular weight is 311 g/mol. The highest BCUT2D eigenvalue weighted by molar-refractivity contribution is 5.92. The molecule has 0 fully saturated rings. The maximum absolute atomic E-state index is 11.2. The second-order valence-corrected chi connectivity index (χ2v) is 5.17. The zero-order valence-electron chi connectivity index (χ0n) is 12.6. The first-order valence-electron chi connectivity index (χ1n) is 7.28. The molecule has 1 atom stereocenters. The third kappa shape index (κ3) is 3.49. The molecule has 0 spiro atoms. The van der Waals surface area contributed by atoms with Crippen molar-refractivity contribution in [3.8, 4) is 0 Å². The number of hydrogen-bond donors (Lipinski definition) is 3. The molecule has 23 heavy (non-hydrogen) atoms. The molecule has 0 aliphatic heterocycles. The Morgan fingerprint density at radius 3 is 2.78 bits per heavy atom. The fraction of sp³-hybridized carbons (Fsp3) is 0.176. The standard InChI is InChI=1S/C17H17N3O3/c1-11(17-20-14-7-2-3-8-15(14)23-17)18-12-5-4-6-13(9-12)19-16(22)10-21/h2-9,11,18,21H,10H2,1H3,(H,19,22). The Balaban J connectivity index is 1.75. The van der Waals surface area contributed by atoms with E-state index in [1.165, 1.54) is 0 Å². The van der Waals surface area contributed by atoms with Gasteiger partial charge >= 0.3 is 0 Å². The van der Waals surface area contributed by atoms with Gasteiger partial charge in [0.15, 0.2) is 5.58 Å². The van der Waals surface area contributed by atoms with E-state index in [9.17, 15) is 4.79 Å². The molecule has 3 aromatic rings. The molecule has 118 valence electrons. The van der Waals surface area contributed by atoms with Gasteiger partial charge in [-0.3, -0.25) is 4.79 Å². The summed E-state index contributed by atoms with van der Waals surface area (Å²) in [5.41, 5.74) is 2.99. The van der Waals surface area contributed by atoms with Gasteiger partial charge in [-0.1, -0.05) is 18.2 Å². The minimum atomic E-state index is -0.545. The molecule has 1 amide bonds. The van der Waals surface area contributed by atoms with Crippen LogP contribution < -0.4 is 10.6 Å². The number of carbonyl (C=O) groups is 1. The molecule has 0 saturated carbocycles. The van der Waals surface area contributed by atoms with Crippen molar-refractivity contribution in [3.05, 3.63) is 54.4 Å². The molecule has 1 aromatic heterocycles. The van der Waals surface area contributed by atoms with Crippen molar-refractivity contribution in [2.24, 2.45) is 0 Å². The highest BCUT2D eigenvalue weighted by atomic mass is 16.3. The topological polar surface area (TPSA) is 87.4 Å². The Kier molecular flexibility index (Phi) is 4.25. The van der Waals surface area contributed by atoms with Crippen LogP contribution in [0.3, 0.4) is 0 Å². The van der Waals surface area contributed by atoms with E-state index in [0.717, 1.165) is 16.8 Å². The second kappa shape index (κ2) is 6.50. The maximum atomic E-state index is 11.2. The van der Waals surface area contributed by atoms with Gasteiger partial charge in [0.1, 0.15) is 18.2 Å². The summed E-state index contributed by atoms with van der Waals surface area (Å²) in [6.45, 7) is 1.40. The molecule has 2 aromatic carbocycles. The first-order valence-corrected chi connectivity index (χ1v) is 7.28. The number of carbonyl (C=O) groups excluding carboxylic acids is 1. The number of aliphatic hydroxyl groups is 1. The van der Waals surface area contributed by atoms with Crippen molar-refractivity contribution in [2.75, 3.05) is 17.2 Å². The van der Waals surface area contributed by atoms with Crippen molar-refractivity contribution >= 4 is 28.4 Å². The van der Waals surface area contributed by atoms with Crippen LogP contribution >= 0.6 is 0 Å². The monoisotopic (exact) mass is 311 g/mol. The van der Waals surface area contributed by atoms with E-state index in [0.29, 0.717) is 11.6 Å². The van der Waals surface area contributed by atoms with Crippen molar-refractivity contribution in [1.82, 2.24) is 4.98 Å². The van der Waals surface area contributed by atoms with Crippen LogP contribution in [0, 0.1) is 0 Å². The van der Waals surface area contributed by atoms with E-state index in [-0.39, 0.29) is 6.04 Å². The zero-order chi connectivity index (χ0) is 16.2. The molecule has 0 bridgehead atoms. The van der Waals surface area contributed by atoms with Crippen LogP contribution in [-0.4, -0.2) is 22.6 Å². The maximum Gasteiger partial charge on any atom is 0.250 e. The Bertz CT molecular complexity index is 796. The van der Waals surface area contributed by atoms with E-state index in [1.807, 2.05) is 43.3 Å². The number of nitrogens with one attached hydrogen (secondary N) is 2. The van der Waals surface area contributed by atoms with Crippen LogP contribution in [0.25, 0.3) is 11.1 Å². The first kappa shape index (κ1) is 15.1. The smallest absolute Gasteiger partial charge is 0.250 e. The van der Waals surface area contributed by atoms with Crippen molar-refractivity contribution in [2.45, 2.75) is 13.0 Å². The van der Waals surface area contributed by atoms with Crippen molar-refractivity contribution in [3.63, 3.8) is 0 Å². The summed E-state index contributed by atoms with van der Waals surface area (Å²) < 4.78 is 5.74. The second-order valence-electron chi connectivity index (χ2n) is 5.17. The first-order chi connectivity index (χ1) is 11.2. The summed E-state index contributed by atoms with van der Waals surface area (Å²) >= 11 is 0. The Labute approximate surface area is 133 Å². The molecular formula is C17H17N3O3.